The van der Waals surface area contributed by atoms with Crippen LogP contribution in [0.25, 0.3) is 0 Å². The number of nitrogens with one attached hydrogen (secondary N) is 1. The maximum atomic E-state index is 11.1. The molecule has 0 aromatic heterocycles. The van der Waals surface area contributed by atoms with E-state index in [1.807, 2.05) is 45.0 Å². The van der Waals surface area contributed by atoms with Crippen molar-refractivity contribution in [2.75, 3.05) is 7.11 Å². The van der Waals surface area contributed by atoms with Gasteiger partial charge in [-0.25, -0.2) is 0 Å². The van der Waals surface area contributed by atoms with Crippen molar-refractivity contribution in [3.05, 3.63) is 39.9 Å². The van der Waals surface area contributed by atoms with Crippen molar-refractivity contribution in [3.63, 3.8) is 0 Å². The number of benzene rings is 1. The van der Waals surface area contributed by atoms with Crippen molar-refractivity contribution >= 4 is 0 Å². The van der Waals surface area contributed by atoms with Gasteiger partial charge in [0, 0.05) is 23.5 Å². The van der Waals surface area contributed by atoms with Crippen molar-refractivity contribution in [3.8, 4) is 5.75 Å². The Labute approximate surface area is 114 Å². The van der Waals surface area contributed by atoms with Crippen LogP contribution in [0.2, 0.25) is 0 Å². The maximum absolute atomic E-state index is 11.1. The zero-order valence-corrected chi connectivity index (χ0v) is 12.0. The van der Waals surface area contributed by atoms with Crippen molar-refractivity contribution in [1.82, 2.24) is 5.32 Å². The van der Waals surface area contributed by atoms with Crippen molar-refractivity contribution in [1.29, 1.82) is 0 Å². The lowest BCUT2D eigenvalue weighted by Gasteiger charge is -2.29. The van der Waals surface area contributed by atoms with Gasteiger partial charge in [0.05, 0.1) is 12.6 Å². The Bertz CT molecular complexity index is 432. The average Bonchev–Trinajstić information content (AvgIpc) is 2.36. The molecule has 0 saturated carbocycles. The molecule has 5 nitrogen and oxygen atoms in total. The van der Waals surface area contributed by atoms with Gasteiger partial charge in [-0.05, 0) is 19.9 Å². The summed E-state index contributed by atoms with van der Waals surface area (Å²) in [6.07, 6.45) is 0.499. The lowest BCUT2D eigenvalue weighted by atomic mass is 9.92. The first kappa shape index (κ1) is 15.4. The highest BCUT2D eigenvalue weighted by atomic mass is 16.6. The van der Waals surface area contributed by atoms with E-state index in [9.17, 15) is 10.1 Å². The normalized spacial score (nSPS) is 13.1. The number of rotatable bonds is 7. The molecule has 1 rings (SSSR count). The van der Waals surface area contributed by atoms with E-state index in [-0.39, 0.29) is 4.92 Å². The average molecular weight is 266 g/mol. The Morgan fingerprint density at radius 3 is 2.58 bits per heavy atom. The largest absolute Gasteiger partial charge is 0.496 e. The van der Waals surface area contributed by atoms with Gasteiger partial charge in [0.2, 0.25) is 6.04 Å². The number of methoxy groups -OCH3 is 1. The van der Waals surface area contributed by atoms with Gasteiger partial charge in [0.25, 0.3) is 0 Å². The molecule has 0 aliphatic rings. The van der Waals surface area contributed by atoms with E-state index in [2.05, 4.69) is 5.32 Å². The van der Waals surface area contributed by atoms with Gasteiger partial charge >= 0.3 is 0 Å². The Kier molecular flexibility index (Phi) is 5.30. The van der Waals surface area contributed by atoms with Crippen LogP contribution in [0.15, 0.2) is 24.3 Å². The van der Waals surface area contributed by atoms with Crippen LogP contribution in [0.1, 0.15) is 32.8 Å². The molecule has 1 aromatic carbocycles. The van der Waals surface area contributed by atoms with E-state index in [1.165, 1.54) is 0 Å². The third-order valence-corrected chi connectivity index (χ3v) is 3.40. The zero-order valence-electron chi connectivity index (χ0n) is 12.0. The third-order valence-electron chi connectivity index (χ3n) is 3.40. The van der Waals surface area contributed by atoms with Crippen LogP contribution >= 0.6 is 0 Å². The van der Waals surface area contributed by atoms with E-state index in [1.54, 1.807) is 7.11 Å². The van der Waals surface area contributed by atoms with Crippen molar-refractivity contribution in [2.24, 2.45) is 0 Å². The van der Waals surface area contributed by atoms with Crippen molar-refractivity contribution < 1.29 is 9.66 Å². The standard InChI is InChI=1S/C14H22N2O3/c1-5-13(16(17)18)14(2,3)15-10-11-8-6-7-9-12(11)19-4/h6-9,13,15H,5,10H2,1-4H3/t13-/m1/s1. The van der Waals surface area contributed by atoms with Crippen LogP contribution in [-0.4, -0.2) is 23.6 Å². The molecule has 19 heavy (non-hydrogen) atoms. The van der Waals surface area contributed by atoms with Gasteiger partial charge in [0.1, 0.15) is 5.75 Å². The molecule has 0 saturated heterocycles. The van der Waals surface area contributed by atoms with Crippen LogP contribution in [0.4, 0.5) is 0 Å². The Morgan fingerprint density at radius 1 is 1.42 bits per heavy atom. The molecular formula is C14H22N2O3. The monoisotopic (exact) mass is 266 g/mol. The SMILES string of the molecule is CC[C@@H]([N+](=O)[O-])C(C)(C)NCc1ccccc1OC. The lowest BCUT2D eigenvalue weighted by molar-refractivity contribution is -0.534. The smallest absolute Gasteiger partial charge is 0.230 e. The van der Waals surface area contributed by atoms with Crippen LogP contribution in [0.3, 0.4) is 0 Å². The first-order valence-electron chi connectivity index (χ1n) is 6.42. The molecule has 5 heteroatoms. The summed E-state index contributed by atoms with van der Waals surface area (Å²) >= 11 is 0. The predicted molar refractivity (Wildman–Crippen MR) is 75.0 cm³/mol. The van der Waals surface area contributed by atoms with Gasteiger partial charge in [-0.1, -0.05) is 25.1 Å². The molecule has 0 amide bonds. The fourth-order valence-corrected chi connectivity index (χ4v) is 2.21. The molecule has 106 valence electrons. The van der Waals surface area contributed by atoms with E-state index in [0.29, 0.717) is 13.0 Å². The van der Waals surface area contributed by atoms with E-state index < -0.39 is 11.6 Å². The summed E-state index contributed by atoms with van der Waals surface area (Å²) in [5.74, 6) is 0.792. The number of nitrogens with zero attached hydrogens (tertiary/aromatic N) is 1. The van der Waals surface area contributed by atoms with Crippen LogP contribution in [-0.2, 0) is 6.54 Å². The molecule has 0 aliphatic heterocycles. The second-order valence-corrected chi connectivity index (χ2v) is 5.10. The Hall–Kier alpha value is -1.62. The van der Waals surface area contributed by atoms with Crippen LogP contribution in [0, 0.1) is 10.1 Å². The lowest BCUT2D eigenvalue weighted by Crippen LogP contribution is -2.52. The molecule has 0 radical (unpaired) electrons. The van der Waals surface area contributed by atoms with E-state index in [4.69, 9.17) is 4.74 Å². The summed E-state index contributed by atoms with van der Waals surface area (Å²) in [5.41, 5.74) is 0.426. The number of nitro groups is 1. The van der Waals surface area contributed by atoms with Gasteiger partial charge in [-0.15, -0.1) is 0 Å². The molecule has 0 unspecified atom stereocenters. The second kappa shape index (κ2) is 6.52. The number of ether oxygens (including phenoxy) is 1. The topological polar surface area (TPSA) is 64.4 Å². The van der Waals surface area contributed by atoms with Gasteiger partial charge in [-0.2, -0.15) is 0 Å². The van der Waals surface area contributed by atoms with Gasteiger partial charge in [0.15, 0.2) is 0 Å². The van der Waals surface area contributed by atoms with Crippen molar-refractivity contribution in [2.45, 2.75) is 45.3 Å². The summed E-state index contributed by atoms with van der Waals surface area (Å²) in [5, 5.41) is 14.3. The molecule has 1 aromatic rings. The first-order valence-corrected chi connectivity index (χ1v) is 6.42. The predicted octanol–water partition coefficient (Wildman–Crippen LogP) is 2.62. The summed E-state index contributed by atoms with van der Waals surface area (Å²) in [7, 11) is 1.62. The van der Waals surface area contributed by atoms with Gasteiger partial charge < -0.3 is 10.1 Å². The quantitative estimate of drug-likeness (QED) is 0.608. The van der Waals surface area contributed by atoms with E-state index in [0.717, 1.165) is 11.3 Å². The minimum Gasteiger partial charge on any atom is -0.496 e. The summed E-state index contributed by atoms with van der Waals surface area (Å²) in [6.45, 7) is 6.10. The van der Waals surface area contributed by atoms with Gasteiger partial charge in [-0.3, -0.25) is 10.1 Å². The zero-order chi connectivity index (χ0) is 14.5. The highest BCUT2D eigenvalue weighted by Gasteiger charge is 2.36. The molecular weight excluding hydrogens is 244 g/mol. The highest BCUT2D eigenvalue weighted by Crippen LogP contribution is 2.20. The molecule has 1 atom stereocenters. The highest BCUT2D eigenvalue weighted by molar-refractivity contribution is 5.33. The molecule has 0 spiro atoms. The van der Waals surface area contributed by atoms with Crippen LogP contribution in [0.5, 0.6) is 5.75 Å². The van der Waals surface area contributed by atoms with E-state index >= 15 is 0 Å². The fraction of sp³-hybridized carbons (Fsp3) is 0.571. The summed E-state index contributed by atoms with van der Waals surface area (Å²) in [6, 6.07) is 7.06. The molecule has 0 aliphatic carbocycles. The summed E-state index contributed by atoms with van der Waals surface area (Å²) < 4.78 is 5.27. The minimum atomic E-state index is -0.609. The molecule has 0 heterocycles. The summed E-state index contributed by atoms with van der Waals surface area (Å²) in [4.78, 5) is 10.8. The maximum Gasteiger partial charge on any atom is 0.230 e. The third kappa shape index (κ3) is 3.92. The number of para-hydroxylation sites is 1. The molecule has 1 N–H and O–H groups in total. The Morgan fingerprint density at radius 2 is 2.05 bits per heavy atom. The number of hydrogen-bond donors (Lipinski definition) is 1. The second-order valence-electron chi connectivity index (χ2n) is 5.10. The minimum absolute atomic E-state index is 0.213. The fourth-order valence-electron chi connectivity index (χ4n) is 2.21. The Balaban J connectivity index is 2.76. The molecule has 0 fully saturated rings. The van der Waals surface area contributed by atoms with Crippen LogP contribution < -0.4 is 10.1 Å². The first-order chi connectivity index (χ1) is 8.92. The molecule has 0 bridgehead atoms. The number of hydrogen-bond acceptors (Lipinski definition) is 4.